The maximum Gasteiger partial charge on any atom is 0.231 e. The summed E-state index contributed by atoms with van der Waals surface area (Å²) < 4.78 is 18.0. The van der Waals surface area contributed by atoms with Gasteiger partial charge in [0.15, 0.2) is 11.5 Å². The van der Waals surface area contributed by atoms with Crippen molar-refractivity contribution in [3.05, 3.63) is 57.6 Å². The lowest BCUT2D eigenvalue weighted by Gasteiger charge is -2.52. The maximum atomic E-state index is 5.67. The summed E-state index contributed by atoms with van der Waals surface area (Å²) in [7, 11) is 4.77. The van der Waals surface area contributed by atoms with E-state index in [-0.39, 0.29) is 0 Å². The topological polar surface area (TPSA) is 27.7 Å². The lowest BCUT2D eigenvalue weighted by Crippen LogP contribution is -2.53. The average molecular weight is 336 g/mol. The highest BCUT2D eigenvalue weighted by atomic mass is 16.7. The van der Waals surface area contributed by atoms with E-state index < -0.39 is 0 Å². The Kier molecular flexibility index (Phi) is 2.59. The van der Waals surface area contributed by atoms with Crippen molar-refractivity contribution in [1.29, 1.82) is 0 Å². The van der Waals surface area contributed by atoms with Gasteiger partial charge in [0, 0.05) is 24.0 Å². The first kappa shape index (κ1) is 14.2. The molecule has 0 amide bonds. The van der Waals surface area contributed by atoms with Crippen LogP contribution in [0.15, 0.2) is 24.3 Å². The molecule has 0 spiro atoms. The summed E-state index contributed by atoms with van der Waals surface area (Å²) in [6, 6.07) is 10.3. The van der Waals surface area contributed by atoms with Crippen LogP contribution >= 0.6 is 0 Å². The van der Waals surface area contributed by atoms with E-state index in [2.05, 4.69) is 38.4 Å². The Balaban J connectivity index is 1.54. The molecule has 6 rings (SSSR count). The van der Waals surface area contributed by atoms with Crippen LogP contribution in [-0.2, 0) is 30.8 Å². The maximum absolute atomic E-state index is 5.67. The second-order valence-corrected chi connectivity index (χ2v) is 8.29. The van der Waals surface area contributed by atoms with Gasteiger partial charge in [-0.3, -0.25) is 0 Å². The van der Waals surface area contributed by atoms with E-state index in [1.165, 1.54) is 33.4 Å². The van der Waals surface area contributed by atoms with Gasteiger partial charge in [-0.05, 0) is 40.5 Å². The highest BCUT2D eigenvalue weighted by Crippen LogP contribution is 2.53. The molecule has 0 aromatic heterocycles. The van der Waals surface area contributed by atoms with Crippen LogP contribution in [0.2, 0.25) is 0 Å². The Morgan fingerprint density at radius 3 is 2.12 bits per heavy atom. The number of likely N-dealkylation sites (N-methyl/N-ethyl adjacent to an activating group) is 1. The highest BCUT2D eigenvalue weighted by Gasteiger charge is 2.49. The molecule has 0 saturated heterocycles. The van der Waals surface area contributed by atoms with Crippen LogP contribution in [0, 0.1) is 0 Å². The number of quaternary nitrogens is 1. The summed E-state index contributed by atoms with van der Waals surface area (Å²) in [6.45, 7) is 1.88. The molecular weight excluding hydrogens is 314 g/mol. The molecule has 128 valence electrons. The molecule has 0 fully saturated rings. The summed E-state index contributed by atoms with van der Waals surface area (Å²) in [4.78, 5) is 0. The Morgan fingerprint density at radius 1 is 0.760 bits per heavy atom. The van der Waals surface area contributed by atoms with Gasteiger partial charge in [0.1, 0.15) is 12.1 Å². The molecule has 4 heterocycles. The van der Waals surface area contributed by atoms with Crippen LogP contribution in [0.25, 0.3) is 0 Å². The van der Waals surface area contributed by atoms with Gasteiger partial charge in [-0.2, -0.15) is 0 Å². The summed E-state index contributed by atoms with van der Waals surface area (Å²) in [5, 5.41) is 0. The zero-order valence-corrected chi connectivity index (χ0v) is 14.7. The fraction of sp³-hybridized carbons (Fsp3) is 0.429. The van der Waals surface area contributed by atoms with Crippen molar-refractivity contribution < 1.29 is 18.7 Å². The van der Waals surface area contributed by atoms with Gasteiger partial charge >= 0.3 is 0 Å². The van der Waals surface area contributed by atoms with Gasteiger partial charge in [-0.15, -0.1) is 0 Å². The third-order valence-electron chi connectivity index (χ3n) is 6.76. The van der Waals surface area contributed by atoms with E-state index in [4.69, 9.17) is 14.2 Å². The predicted molar refractivity (Wildman–Crippen MR) is 92.5 cm³/mol. The van der Waals surface area contributed by atoms with E-state index in [1.807, 2.05) is 0 Å². The lowest BCUT2D eigenvalue weighted by atomic mass is 9.74. The summed E-state index contributed by atoms with van der Waals surface area (Å²) >= 11 is 0. The zero-order chi connectivity index (χ0) is 16.8. The lowest BCUT2D eigenvalue weighted by molar-refractivity contribution is -0.955. The molecule has 4 nitrogen and oxygen atoms in total. The second kappa shape index (κ2) is 4.57. The second-order valence-electron chi connectivity index (χ2n) is 8.29. The minimum Gasteiger partial charge on any atom is -0.454 e. The molecule has 25 heavy (non-hydrogen) atoms. The smallest absolute Gasteiger partial charge is 0.231 e. The Morgan fingerprint density at radius 2 is 1.36 bits per heavy atom. The van der Waals surface area contributed by atoms with Crippen molar-refractivity contribution >= 4 is 0 Å². The van der Waals surface area contributed by atoms with E-state index in [0.717, 1.165) is 42.0 Å². The first-order chi connectivity index (χ1) is 12.1. The largest absolute Gasteiger partial charge is 0.454 e. The van der Waals surface area contributed by atoms with Crippen LogP contribution in [0.3, 0.4) is 0 Å². The number of hydrogen-bond acceptors (Lipinski definition) is 3. The number of benzene rings is 2. The van der Waals surface area contributed by atoms with Gasteiger partial charge in [-0.1, -0.05) is 6.07 Å². The fourth-order valence-electron chi connectivity index (χ4n) is 5.31. The van der Waals surface area contributed by atoms with Crippen LogP contribution in [0.1, 0.15) is 45.5 Å². The van der Waals surface area contributed by atoms with Gasteiger partial charge in [-0.25, -0.2) is 0 Å². The van der Waals surface area contributed by atoms with E-state index in [1.54, 1.807) is 0 Å². The first-order valence-corrected chi connectivity index (χ1v) is 9.09. The molecule has 0 aliphatic carbocycles. The van der Waals surface area contributed by atoms with Crippen LogP contribution in [0.4, 0.5) is 0 Å². The minimum absolute atomic E-state index is 0.345. The Labute approximate surface area is 147 Å². The third kappa shape index (κ3) is 1.79. The molecule has 0 N–H and O–H groups in total. The van der Waals surface area contributed by atoms with E-state index in [9.17, 15) is 0 Å². The van der Waals surface area contributed by atoms with Gasteiger partial charge in [0.05, 0.1) is 27.3 Å². The van der Waals surface area contributed by atoms with Gasteiger partial charge < -0.3 is 18.7 Å². The monoisotopic (exact) mass is 336 g/mol. The Hall–Kier alpha value is -2.04. The normalized spacial score (nSPS) is 26.8. The van der Waals surface area contributed by atoms with Crippen molar-refractivity contribution in [1.82, 2.24) is 0 Å². The quantitative estimate of drug-likeness (QED) is 0.690. The standard InChI is InChI=1S/C21H22NO3/c1-22(2)18-6-13-7-20-21(25-11-24-20)8-17(13)19(22)5-12-3-14-9-23-10-15(14)4-16(12)18/h3-4,7-8,18-19H,5-6,9-11H2,1-2H3/q+1/t18-,19-/m0/s1. The number of nitrogens with zero attached hydrogens (tertiary/aromatic N) is 1. The van der Waals surface area contributed by atoms with Crippen molar-refractivity contribution in [2.45, 2.75) is 38.1 Å². The molecule has 2 aromatic rings. The summed E-state index contributed by atoms with van der Waals surface area (Å²) in [5.41, 5.74) is 8.67. The fourth-order valence-corrected chi connectivity index (χ4v) is 5.31. The average Bonchev–Trinajstić information content (AvgIpc) is 3.21. The molecule has 4 aliphatic heterocycles. The van der Waals surface area contributed by atoms with E-state index in [0.29, 0.717) is 18.9 Å². The molecule has 0 radical (unpaired) electrons. The van der Waals surface area contributed by atoms with Gasteiger partial charge in [0.25, 0.3) is 0 Å². The van der Waals surface area contributed by atoms with Crippen molar-refractivity contribution in [2.75, 3.05) is 20.9 Å². The molecule has 2 aromatic carbocycles. The zero-order valence-electron chi connectivity index (χ0n) is 14.7. The Bertz CT molecular complexity index is 844. The minimum atomic E-state index is 0.345. The van der Waals surface area contributed by atoms with Crippen LogP contribution in [-0.4, -0.2) is 25.4 Å². The number of hydrogen-bond donors (Lipinski definition) is 0. The van der Waals surface area contributed by atoms with E-state index >= 15 is 0 Å². The number of ether oxygens (including phenoxy) is 3. The molecule has 4 heteroatoms. The molecule has 0 saturated carbocycles. The first-order valence-electron chi connectivity index (χ1n) is 9.09. The molecular formula is C21H22NO3+. The van der Waals surface area contributed by atoms with Crippen molar-refractivity contribution in [2.24, 2.45) is 0 Å². The highest BCUT2D eigenvalue weighted by molar-refractivity contribution is 5.53. The number of rotatable bonds is 0. The van der Waals surface area contributed by atoms with Crippen LogP contribution < -0.4 is 9.47 Å². The van der Waals surface area contributed by atoms with Gasteiger partial charge in [0.2, 0.25) is 6.79 Å². The molecule has 2 atom stereocenters. The van der Waals surface area contributed by atoms with Crippen molar-refractivity contribution in [3.63, 3.8) is 0 Å². The van der Waals surface area contributed by atoms with Crippen LogP contribution in [0.5, 0.6) is 11.5 Å². The predicted octanol–water partition coefficient (Wildman–Crippen LogP) is 3.42. The number of fused-ring (bicyclic) bond motifs is 8. The van der Waals surface area contributed by atoms with Crippen molar-refractivity contribution in [3.8, 4) is 11.5 Å². The summed E-state index contributed by atoms with van der Waals surface area (Å²) in [5.74, 6) is 1.82. The third-order valence-corrected chi connectivity index (χ3v) is 6.76. The molecule has 0 unspecified atom stereocenters. The molecule has 2 bridgehead atoms. The molecule has 4 aliphatic rings. The SMILES string of the molecule is C[N+]1(C)[C@H]2Cc3cc4c(cc3[C@@H]1Cc1cc3c(cc12)COC3)OCO4. The summed E-state index contributed by atoms with van der Waals surface area (Å²) in [6.07, 6.45) is 2.14.